The minimum Gasteiger partial charge on any atom is -0.405 e. The molecule has 0 spiro atoms. The highest BCUT2D eigenvalue weighted by Gasteiger charge is 2.33. The SMILES string of the molecule is C=C(C)[C@@H](CN)N(C)C(=O)c1ccccc1OC(F)(F)F. The third-order valence-electron chi connectivity index (χ3n) is 2.92. The van der Waals surface area contributed by atoms with E-state index in [9.17, 15) is 18.0 Å². The standard InChI is InChI=1S/C14H17F3N2O2/c1-9(2)11(8-18)19(3)13(20)10-6-4-5-7-12(10)21-14(15,16)17/h4-7,11H,1,8,18H2,2-3H3/t11-/m1/s1. The van der Waals surface area contributed by atoms with E-state index in [1.807, 2.05) is 0 Å². The molecule has 21 heavy (non-hydrogen) atoms. The summed E-state index contributed by atoms with van der Waals surface area (Å²) in [7, 11) is 1.46. The number of carbonyl (C=O) groups is 1. The molecular formula is C14H17F3N2O2. The highest BCUT2D eigenvalue weighted by Crippen LogP contribution is 2.27. The van der Waals surface area contributed by atoms with Gasteiger partial charge in [0, 0.05) is 13.6 Å². The molecule has 0 saturated heterocycles. The molecule has 0 bridgehead atoms. The van der Waals surface area contributed by atoms with Crippen LogP contribution in [-0.4, -0.2) is 36.8 Å². The molecule has 1 aromatic rings. The number of nitrogens with zero attached hydrogens (tertiary/aromatic N) is 1. The molecule has 0 aliphatic rings. The lowest BCUT2D eigenvalue weighted by molar-refractivity contribution is -0.274. The second-order valence-corrected chi connectivity index (χ2v) is 4.56. The van der Waals surface area contributed by atoms with E-state index in [0.29, 0.717) is 5.57 Å². The van der Waals surface area contributed by atoms with Crippen LogP contribution in [-0.2, 0) is 0 Å². The van der Waals surface area contributed by atoms with Crippen molar-refractivity contribution >= 4 is 5.91 Å². The Bertz CT molecular complexity index is 529. The van der Waals surface area contributed by atoms with Crippen LogP contribution in [0.1, 0.15) is 17.3 Å². The quantitative estimate of drug-likeness (QED) is 0.851. The molecule has 0 unspecified atom stereocenters. The maximum absolute atomic E-state index is 12.4. The molecule has 0 aromatic heterocycles. The van der Waals surface area contributed by atoms with Gasteiger partial charge in [0.2, 0.25) is 0 Å². The van der Waals surface area contributed by atoms with Crippen molar-refractivity contribution in [2.45, 2.75) is 19.3 Å². The zero-order chi connectivity index (χ0) is 16.2. The fraction of sp³-hybridized carbons (Fsp3) is 0.357. The fourth-order valence-corrected chi connectivity index (χ4v) is 1.88. The lowest BCUT2D eigenvalue weighted by Gasteiger charge is -2.28. The van der Waals surface area contributed by atoms with Crippen molar-refractivity contribution in [1.82, 2.24) is 4.90 Å². The van der Waals surface area contributed by atoms with Crippen molar-refractivity contribution < 1.29 is 22.7 Å². The average molecular weight is 302 g/mol. The zero-order valence-corrected chi connectivity index (χ0v) is 11.8. The summed E-state index contributed by atoms with van der Waals surface area (Å²) in [6.45, 7) is 5.54. The van der Waals surface area contributed by atoms with Crippen LogP contribution in [0.25, 0.3) is 0 Å². The first-order chi connectivity index (χ1) is 9.67. The number of hydrogen-bond acceptors (Lipinski definition) is 3. The van der Waals surface area contributed by atoms with Crippen LogP contribution in [0, 0.1) is 0 Å². The number of hydrogen-bond donors (Lipinski definition) is 1. The molecular weight excluding hydrogens is 285 g/mol. The van der Waals surface area contributed by atoms with Gasteiger partial charge in [0.1, 0.15) is 5.75 Å². The summed E-state index contributed by atoms with van der Waals surface area (Å²) in [6.07, 6.45) is -4.86. The van der Waals surface area contributed by atoms with Crippen LogP contribution in [0.2, 0.25) is 0 Å². The maximum atomic E-state index is 12.4. The zero-order valence-electron chi connectivity index (χ0n) is 11.8. The summed E-state index contributed by atoms with van der Waals surface area (Å²) in [5.74, 6) is -1.16. The molecule has 7 heteroatoms. The lowest BCUT2D eigenvalue weighted by atomic mass is 10.1. The summed E-state index contributed by atoms with van der Waals surface area (Å²) in [5, 5.41) is 0. The molecule has 0 fully saturated rings. The number of nitrogens with two attached hydrogens (primary N) is 1. The van der Waals surface area contributed by atoms with Crippen molar-refractivity contribution in [3.63, 3.8) is 0 Å². The van der Waals surface area contributed by atoms with E-state index in [0.717, 1.165) is 6.07 Å². The van der Waals surface area contributed by atoms with Crippen LogP contribution in [0.4, 0.5) is 13.2 Å². The maximum Gasteiger partial charge on any atom is 0.573 e. The number of alkyl halides is 3. The van der Waals surface area contributed by atoms with Crippen molar-refractivity contribution in [1.29, 1.82) is 0 Å². The van der Waals surface area contributed by atoms with Gasteiger partial charge in [-0.15, -0.1) is 13.2 Å². The predicted molar refractivity (Wildman–Crippen MR) is 72.9 cm³/mol. The van der Waals surface area contributed by atoms with Gasteiger partial charge in [-0.1, -0.05) is 24.3 Å². The van der Waals surface area contributed by atoms with Gasteiger partial charge < -0.3 is 15.4 Å². The predicted octanol–water partition coefficient (Wildman–Crippen LogP) is 2.56. The molecule has 0 aliphatic heterocycles. The first-order valence-electron chi connectivity index (χ1n) is 6.14. The van der Waals surface area contributed by atoms with E-state index in [1.54, 1.807) is 6.92 Å². The number of amides is 1. The minimum atomic E-state index is -4.86. The number of carbonyl (C=O) groups excluding carboxylic acids is 1. The van der Waals surface area contributed by atoms with E-state index in [2.05, 4.69) is 11.3 Å². The summed E-state index contributed by atoms with van der Waals surface area (Å²) < 4.78 is 40.9. The molecule has 0 radical (unpaired) electrons. The Morgan fingerprint density at radius 2 is 2.00 bits per heavy atom. The highest BCUT2D eigenvalue weighted by atomic mass is 19.4. The van der Waals surface area contributed by atoms with Crippen molar-refractivity contribution in [3.8, 4) is 5.75 Å². The average Bonchev–Trinajstić information content (AvgIpc) is 2.37. The third-order valence-corrected chi connectivity index (χ3v) is 2.92. The van der Waals surface area contributed by atoms with E-state index >= 15 is 0 Å². The largest absolute Gasteiger partial charge is 0.573 e. The number of benzene rings is 1. The van der Waals surface area contributed by atoms with Gasteiger partial charge in [0.05, 0.1) is 11.6 Å². The molecule has 0 saturated carbocycles. The smallest absolute Gasteiger partial charge is 0.405 e. The Hall–Kier alpha value is -2.02. The van der Waals surface area contributed by atoms with E-state index < -0.39 is 24.1 Å². The van der Waals surface area contributed by atoms with Gasteiger partial charge in [0.25, 0.3) is 5.91 Å². The second kappa shape index (κ2) is 6.62. The van der Waals surface area contributed by atoms with Crippen molar-refractivity contribution in [2.75, 3.05) is 13.6 Å². The molecule has 1 aromatic carbocycles. The van der Waals surface area contributed by atoms with Gasteiger partial charge in [0.15, 0.2) is 0 Å². The minimum absolute atomic E-state index is 0.125. The van der Waals surface area contributed by atoms with Crippen LogP contribution < -0.4 is 10.5 Å². The topological polar surface area (TPSA) is 55.6 Å². The molecule has 1 atom stereocenters. The molecule has 2 N–H and O–H groups in total. The Balaban J connectivity index is 3.10. The summed E-state index contributed by atoms with van der Waals surface area (Å²) in [6, 6.07) is 4.72. The molecule has 116 valence electrons. The molecule has 1 rings (SSSR count). The summed E-state index contributed by atoms with van der Waals surface area (Å²) >= 11 is 0. The van der Waals surface area contributed by atoms with Crippen LogP contribution in [0.3, 0.4) is 0 Å². The highest BCUT2D eigenvalue weighted by molar-refractivity contribution is 5.97. The van der Waals surface area contributed by atoms with Gasteiger partial charge in [-0.2, -0.15) is 0 Å². The van der Waals surface area contributed by atoms with Gasteiger partial charge >= 0.3 is 6.36 Å². The number of rotatable bonds is 5. The summed E-state index contributed by atoms with van der Waals surface area (Å²) in [4.78, 5) is 13.6. The molecule has 0 heterocycles. The van der Waals surface area contributed by atoms with E-state index in [1.165, 1.54) is 30.1 Å². The number of likely N-dealkylation sites (N-methyl/N-ethyl adjacent to an activating group) is 1. The Morgan fingerprint density at radius 1 is 1.43 bits per heavy atom. The van der Waals surface area contributed by atoms with E-state index in [-0.39, 0.29) is 12.1 Å². The lowest BCUT2D eigenvalue weighted by Crippen LogP contribution is -2.42. The Labute approximate surface area is 121 Å². The monoisotopic (exact) mass is 302 g/mol. The van der Waals surface area contributed by atoms with Crippen LogP contribution in [0.5, 0.6) is 5.75 Å². The number of para-hydroxylation sites is 1. The molecule has 4 nitrogen and oxygen atoms in total. The van der Waals surface area contributed by atoms with Crippen LogP contribution >= 0.6 is 0 Å². The summed E-state index contributed by atoms with van der Waals surface area (Å²) in [5.41, 5.74) is 6.02. The van der Waals surface area contributed by atoms with Crippen molar-refractivity contribution in [2.24, 2.45) is 5.73 Å². The van der Waals surface area contributed by atoms with Crippen molar-refractivity contribution in [3.05, 3.63) is 42.0 Å². The first kappa shape index (κ1) is 17.0. The van der Waals surface area contributed by atoms with E-state index in [4.69, 9.17) is 5.73 Å². The fourth-order valence-electron chi connectivity index (χ4n) is 1.88. The molecule has 0 aliphatic carbocycles. The number of halogens is 3. The second-order valence-electron chi connectivity index (χ2n) is 4.56. The number of ether oxygens (including phenoxy) is 1. The van der Waals surface area contributed by atoms with Crippen LogP contribution in [0.15, 0.2) is 36.4 Å². The Kier molecular flexibility index (Phi) is 5.37. The van der Waals surface area contributed by atoms with Gasteiger partial charge in [-0.25, -0.2) is 0 Å². The third kappa shape index (κ3) is 4.49. The molecule has 1 amide bonds. The normalized spacial score (nSPS) is 12.7. The van der Waals surface area contributed by atoms with Gasteiger partial charge in [-0.05, 0) is 19.1 Å². The Morgan fingerprint density at radius 3 is 2.48 bits per heavy atom. The van der Waals surface area contributed by atoms with Gasteiger partial charge in [-0.3, -0.25) is 4.79 Å². The first-order valence-corrected chi connectivity index (χ1v) is 6.14.